The SMILES string of the molecule is CCC(CCc1cccc(O)c1O)N(NC(=O)NCc1ccccc1)C(=O)CCc1ccc2ccccc2c1. The van der Waals surface area contributed by atoms with E-state index in [1.165, 1.54) is 11.1 Å². The fourth-order valence-electron chi connectivity index (χ4n) is 4.67. The zero-order chi connectivity index (χ0) is 27.6. The molecular formula is C32H35N3O4. The van der Waals surface area contributed by atoms with E-state index in [1.54, 1.807) is 12.1 Å². The summed E-state index contributed by atoms with van der Waals surface area (Å²) < 4.78 is 0. The van der Waals surface area contributed by atoms with Crippen LogP contribution in [0.3, 0.4) is 0 Å². The highest BCUT2D eigenvalue weighted by Crippen LogP contribution is 2.30. The lowest BCUT2D eigenvalue weighted by Crippen LogP contribution is -2.54. The lowest BCUT2D eigenvalue weighted by Gasteiger charge is -2.31. The topological polar surface area (TPSA) is 102 Å². The smallest absolute Gasteiger partial charge is 0.333 e. The maximum absolute atomic E-state index is 13.5. The molecule has 0 bridgehead atoms. The predicted octanol–water partition coefficient (Wildman–Crippen LogP) is 5.84. The van der Waals surface area contributed by atoms with Crippen molar-refractivity contribution in [2.45, 2.75) is 51.6 Å². The predicted molar refractivity (Wildman–Crippen MR) is 153 cm³/mol. The maximum atomic E-state index is 13.5. The second-order valence-corrected chi connectivity index (χ2v) is 9.61. The van der Waals surface area contributed by atoms with Crippen molar-refractivity contribution in [1.82, 2.24) is 15.8 Å². The molecule has 4 rings (SSSR count). The van der Waals surface area contributed by atoms with Crippen LogP contribution < -0.4 is 10.7 Å². The Morgan fingerprint density at radius 2 is 1.56 bits per heavy atom. The van der Waals surface area contributed by atoms with Gasteiger partial charge in [-0.05, 0) is 59.2 Å². The number of urea groups is 1. The molecule has 1 atom stereocenters. The van der Waals surface area contributed by atoms with Gasteiger partial charge in [-0.3, -0.25) is 4.79 Å². The lowest BCUT2D eigenvalue weighted by molar-refractivity contribution is -0.136. The third-order valence-electron chi connectivity index (χ3n) is 6.91. The number of carbonyl (C=O) groups is 2. The van der Waals surface area contributed by atoms with Gasteiger partial charge in [-0.1, -0.05) is 91.9 Å². The Hall–Kier alpha value is -4.52. The molecular weight excluding hydrogens is 490 g/mol. The molecule has 0 aliphatic heterocycles. The van der Waals surface area contributed by atoms with Crippen molar-refractivity contribution in [3.05, 3.63) is 108 Å². The van der Waals surface area contributed by atoms with Crippen molar-refractivity contribution in [3.8, 4) is 11.5 Å². The number of phenols is 2. The minimum Gasteiger partial charge on any atom is -0.504 e. The van der Waals surface area contributed by atoms with E-state index in [9.17, 15) is 19.8 Å². The Bertz CT molecular complexity index is 1410. The van der Waals surface area contributed by atoms with Gasteiger partial charge in [-0.25, -0.2) is 15.2 Å². The molecule has 0 aromatic heterocycles. The van der Waals surface area contributed by atoms with E-state index in [0.717, 1.165) is 21.9 Å². The minimum absolute atomic E-state index is 0.157. The molecule has 4 aromatic rings. The molecule has 4 N–H and O–H groups in total. The molecule has 4 aromatic carbocycles. The fraction of sp³-hybridized carbons (Fsp3) is 0.250. The molecule has 0 saturated heterocycles. The summed E-state index contributed by atoms with van der Waals surface area (Å²) in [4.78, 5) is 26.4. The van der Waals surface area contributed by atoms with Crippen LogP contribution in [0.15, 0.2) is 91.0 Å². The van der Waals surface area contributed by atoms with Gasteiger partial charge in [0.2, 0.25) is 5.91 Å². The van der Waals surface area contributed by atoms with Gasteiger partial charge >= 0.3 is 6.03 Å². The third kappa shape index (κ3) is 7.51. The van der Waals surface area contributed by atoms with Gasteiger partial charge in [0.05, 0.1) is 6.04 Å². The Kier molecular flexibility index (Phi) is 9.40. The number of fused-ring (bicyclic) bond motifs is 1. The number of aromatic hydroxyl groups is 2. The highest BCUT2D eigenvalue weighted by Gasteiger charge is 2.25. The number of hydrazine groups is 1. The van der Waals surface area contributed by atoms with E-state index in [-0.39, 0.29) is 29.9 Å². The number of amides is 3. The average molecular weight is 526 g/mol. The van der Waals surface area contributed by atoms with Crippen molar-refractivity contribution in [2.24, 2.45) is 0 Å². The number of hydrogen-bond acceptors (Lipinski definition) is 4. The second-order valence-electron chi connectivity index (χ2n) is 9.61. The molecule has 0 fully saturated rings. The van der Waals surface area contributed by atoms with Gasteiger partial charge in [0.15, 0.2) is 11.5 Å². The summed E-state index contributed by atoms with van der Waals surface area (Å²) in [6, 6.07) is 27.9. The molecule has 1 unspecified atom stereocenters. The molecule has 39 heavy (non-hydrogen) atoms. The molecule has 0 radical (unpaired) electrons. The van der Waals surface area contributed by atoms with Gasteiger partial charge in [0.25, 0.3) is 0 Å². The number of phenolic OH excluding ortho intramolecular Hbond substituents is 2. The molecule has 0 aliphatic carbocycles. The monoisotopic (exact) mass is 525 g/mol. The first-order valence-electron chi connectivity index (χ1n) is 13.3. The van der Waals surface area contributed by atoms with E-state index in [1.807, 2.05) is 55.5 Å². The van der Waals surface area contributed by atoms with Gasteiger partial charge in [0.1, 0.15) is 0 Å². The molecule has 3 amide bonds. The van der Waals surface area contributed by atoms with Crippen LogP contribution in [0.4, 0.5) is 4.79 Å². The number of benzene rings is 4. The van der Waals surface area contributed by atoms with Crippen LogP contribution in [0.25, 0.3) is 10.8 Å². The second kappa shape index (κ2) is 13.3. The van der Waals surface area contributed by atoms with Gasteiger partial charge < -0.3 is 15.5 Å². The number of nitrogens with zero attached hydrogens (tertiary/aromatic N) is 1. The summed E-state index contributed by atoms with van der Waals surface area (Å²) in [5, 5.41) is 26.6. The van der Waals surface area contributed by atoms with E-state index >= 15 is 0 Å². The summed E-state index contributed by atoms with van der Waals surface area (Å²) in [6.45, 7) is 2.29. The van der Waals surface area contributed by atoms with Crippen LogP contribution in [0.2, 0.25) is 0 Å². The Morgan fingerprint density at radius 3 is 2.33 bits per heavy atom. The first kappa shape index (κ1) is 27.5. The van der Waals surface area contributed by atoms with E-state index in [4.69, 9.17) is 0 Å². The summed E-state index contributed by atoms with van der Waals surface area (Å²) >= 11 is 0. The van der Waals surface area contributed by atoms with Crippen molar-refractivity contribution in [2.75, 3.05) is 0 Å². The highest BCUT2D eigenvalue weighted by molar-refractivity contribution is 5.84. The summed E-state index contributed by atoms with van der Waals surface area (Å²) in [5.74, 6) is -0.526. The number of nitrogens with one attached hydrogen (secondary N) is 2. The molecule has 0 saturated carbocycles. The first-order chi connectivity index (χ1) is 18.9. The zero-order valence-electron chi connectivity index (χ0n) is 22.1. The normalized spacial score (nSPS) is 11.6. The summed E-state index contributed by atoms with van der Waals surface area (Å²) in [5.41, 5.74) is 5.38. The van der Waals surface area contributed by atoms with Crippen LogP contribution >= 0.6 is 0 Å². The molecule has 0 heterocycles. The molecule has 7 heteroatoms. The van der Waals surface area contributed by atoms with Gasteiger partial charge in [-0.2, -0.15) is 0 Å². The summed E-state index contributed by atoms with van der Waals surface area (Å²) in [6.07, 6.45) is 2.29. The number of rotatable bonds is 10. The van der Waals surface area contributed by atoms with Crippen molar-refractivity contribution in [1.29, 1.82) is 0 Å². The van der Waals surface area contributed by atoms with Crippen LogP contribution in [-0.2, 0) is 24.2 Å². The van der Waals surface area contributed by atoms with E-state index in [2.05, 4.69) is 35.0 Å². The lowest BCUT2D eigenvalue weighted by atomic mass is 10.0. The van der Waals surface area contributed by atoms with Crippen LogP contribution in [0.1, 0.15) is 42.9 Å². The maximum Gasteiger partial charge on any atom is 0.333 e. The van der Waals surface area contributed by atoms with Crippen molar-refractivity contribution >= 4 is 22.7 Å². The molecule has 0 aliphatic rings. The average Bonchev–Trinajstić information content (AvgIpc) is 2.97. The quantitative estimate of drug-likeness (QED) is 0.154. The standard InChI is InChI=1S/C32H35N3O4/c1-2-28(19-18-26-13-8-14-29(36)31(26)38)35(34-32(39)33-22-24-9-4-3-5-10-24)30(37)20-16-23-15-17-25-11-6-7-12-27(25)21-23/h3-15,17,21,28,36,38H,2,16,18-20,22H2,1H3,(H2,33,34,39). The van der Waals surface area contributed by atoms with Crippen LogP contribution in [0, 0.1) is 0 Å². The molecule has 0 spiro atoms. The molecule has 202 valence electrons. The van der Waals surface area contributed by atoms with E-state index in [0.29, 0.717) is 37.8 Å². The van der Waals surface area contributed by atoms with Gasteiger partial charge in [-0.15, -0.1) is 0 Å². The Morgan fingerprint density at radius 1 is 0.821 bits per heavy atom. The third-order valence-corrected chi connectivity index (χ3v) is 6.91. The Labute approximate surface area is 229 Å². The minimum atomic E-state index is -0.462. The number of hydrogen-bond donors (Lipinski definition) is 4. The zero-order valence-corrected chi connectivity index (χ0v) is 22.1. The Balaban J connectivity index is 1.46. The van der Waals surface area contributed by atoms with Crippen LogP contribution in [0.5, 0.6) is 11.5 Å². The van der Waals surface area contributed by atoms with Crippen molar-refractivity contribution in [3.63, 3.8) is 0 Å². The fourth-order valence-corrected chi connectivity index (χ4v) is 4.67. The molecule has 7 nitrogen and oxygen atoms in total. The summed E-state index contributed by atoms with van der Waals surface area (Å²) in [7, 11) is 0. The van der Waals surface area contributed by atoms with E-state index < -0.39 is 6.03 Å². The van der Waals surface area contributed by atoms with Crippen molar-refractivity contribution < 1.29 is 19.8 Å². The first-order valence-corrected chi connectivity index (χ1v) is 13.3. The number of carbonyl (C=O) groups excluding carboxylic acids is 2. The number of aryl methyl sites for hydroxylation is 2. The number of para-hydroxylation sites is 1. The highest BCUT2D eigenvalue weighted by atomic mass is 16.3. The van der Waals surface area contributed by atoms with Crippen LogP contribution in [-0.4, -0.2) is 33.2 Å². The largest absolute Gasteiger partial charge is 0.504 e. The van der Waals surface area contributed by atoms with Gasteiger partial charge in [0, 0.05) is 13.0 Å².